The van der Waals surface area contributed by atoms with E-state index < -0.39 is 0 Å². The zero-order chi connectivity index (χ0) is 14.2. The first-order valence-corrected chi connectivity index (χ1v) is 8.47. The molecular weight excluding hydrogens is 282 g/mol. The predicted molar refractivity (Wildman–Crippen MR) is 84.2 cm³/mol. The number of fused-ring (bicyclic) bond motifs is 2. The Labute approximate surface area is 127 Å². The fraction of sp³-hybridized carbons (Fsp3) is 0.467. The SMILES string of the molecule is CCNCc1c(-n2cnc3c2CCCC3)nc2sccn12. The summed E-state index contributed by atoms with van der Waals surface area (Å²) in [5.74, 6) is 1.04. The van der Waals surface area contributed by atoms with Crippen molar-refractivity contribution in [1.29, 1.82) is 0 Å². The molecule has 1 aliphatic rings. The van der Waals surface area contributed by atoms with Crippen LogP contribution in [0.25, 0.3) is 10.8 Å². The molecule has 1 aliphatic carbocycles. The summed E-state index contributed by atoms with van der Waals surface area (Å²) < 4.78 is 4.40. The normalized spacial score (nSPS) is 14.7. The van der Waals surface area contributed by atoms with Crippen molar-refractivity contribution in [2.45, 2.75) is 39.2 Å². The predicted octanol–water partition coefficient (Wildman–Crippen LogP) is 2.57. The molecule has 0 saturated heterocycles. The molecule has 1 N–H and O–H groups in total. The van der Waals surface area contributed by atoms with Gasteiger partial charge in [0.2, 0.25) is 0 Å². The second-order valence-electron chi connectivity index (χ2n) is 5.43. The van der Waals surface area contributed by atoms with E-state index in [0.717, 1.165) is 36.7 Å². The largest absolute Gasteiger partial charge is 0.311 e. The Balaban J connectivity index is 1.85. The second-order valence-corrected chi connectivity index (χ2v) is 6.31. The molecule has 0 atom stereocenters. The number of rotatable bonds is 4. The molecule has 3 aromatic rings. The molecule has 0 aromatic carbocycles. The molecule has 0 spiro atoms. The maximum absolute atomic E-state index is 4.84. The molecule has 0 unspecified atom stereocenters. The van der Waals surface area contributed by atoms with Gasteiger partial charge in [-0.25, -0.2) is 9.97 Å². The Morgan fingerprint density at radius 3 is 3.14 bits per heavy atom. The summed E-state index contributed by atoms with van der Waals surface area (Å²) in [6, 6.07) is 0. The number of thiazole rings is 1. The molecular formula is C15H19N5S. The van der Waals surface area contributed by atoms with Crippen molar-refractivity contribution in [3.63, 3.8) is 0 Å². The van der Waals surface area contributed by atoms with Crippen molar-refractivity contribution < 1.29 is 0 Å². The van der Waals surface area contributed by atoms with Crippen LogP contribution in [0.3, 0.4) is 0 Å². The van der Waals surface area contributed by atoms with Gasteiger partial charge in [-0.3, -0.25) is 8.97 Å². The highest BCUT2D eigenvalue weighted by Gasteiger charge is 2.21. The van der Waals surface area contributed by atoms with Gasteiger partial charge in [0, 0.05) is 23.8 Å². The average molecular weight is 301 g/mol. The number of hydrogen-bond donors (Lipinski definition) is 1. The van der Waals surface area contributed by atoms with E-state index in [4.69, 9.17) is 4.98 Å². The summed E-state index contributed by atoms with van der Waals surface area (Å²) in [6.07, 6.45) is 8.79. The zero-order valence-electron chi connectivity index (χ0n) is 12.2. The average Bonchev–Trinajstić information content (AvgIpc) is 3.18. The lowest BCUT2D eigenvalue weighted by atomic mass is 10.0. The maximum atomic E-state index is 4.84. The van der Waals surface area contributed by atoms with E-state index in [1.165, 1.54) is 29.9 Å². The minimum absolute atomic E-state index is 0.830. The lowest BCUT2D eigenvalue weighted by Crippen LogP contribution is -2.16. The summed E-state index contributed by atoms with van der Waals surface area (Å²) in [7, 11) is 0. The number of nitrogens with one attached hydrogen (secondary N) is 1. The van der Waals surface area contributed by atoms with Crippen LogP contribution in [-0.4, -0.2) is 25.5 Å². The van der Waals surface area contributed by atoms with Crippen LogP contribution in [0, 0.1) is 0 Å². The monoisotopic (exact) mass is 301 g/mol. The van der Waals surface area contributed by atoms with Crippen molar-refractivity contribution >= 4 is 16.3 Å². The topological polar surface area (TPSA) is 47.2 Å². The van der Waals surface area contributed by atoms with E-state index in [2.05, 4.69) is 37.8 Å². The van der Waals surface area contributed by atoms with Crippen LogP contribution >= 0.6 is 11.3 Å². The van der Waals surface area contributed by atoms with E-state index in [9.17, 15) is 0 Å². The first kappa shape index (κ1) is 13.0. The van der Waals surface area contributed by atoms with E-state index in [1.807, 2.05) is 6.33 Å². The Bertz CT molecular complexity index is 766. The lowest BCUT2D eigenvalue weighted by molar-refractivity contribution is 0.650. The molecule has 0 fully saturated rings. The Kier molecular flexibility index (Phi) is 3.27. The van der Waals surface area contributed by atoms with Gasteiger partial charge in [-0.05, 0) is 32.2 Å². The quantitative estimate of drug-likeness (QED) is 0.805. The van der Waals surface area contributed by atoms with Gasteiger partial charge >= 0.3 is 0 Å². The number of aryl methyl sites for hydroxylation is 1. The van der Waals surface area contributed by atoms with Gasteiger partial charge in [0.15, 0.2) is 10.8 Å². The van der Waals surface area contributed by atoms with Crippen LogP contribution < -0.4 is 5.32 Å². The van der Waals surface area contributed by atoms with Crippen molar-refractivity contribution in [2.75, 3.05) is 6.54 Å². The van der Waals surface area contributed by atoms with Crippen LogP contribution in [-0.2, 0) is 19.4 Å². The van der Waals surface area contributed by atoms with E-state index in [0.29, 0.717) is 0 Å². The van der Waals surface area contributed by atoms with Gasteiger partial charge in [-0.2, -0.15) is 0 Å². The summed E-state index contributed by atoms with van der Waals surface area (Å²) >= 11 is 1.68. The Morgan fingerprint density at radius 2 is 2.24 bits per heavy atom. The van der Waals surface area contributed by atoms with Crippen LogP contribution in [0.15, 0.2) is 17.9 Å². The van der Waals surface area contributed by atoms with Crippen molar-refractivity contribution in [3.05, 3.63) is 35.0 Å². The van der Waals surface area contributed by atoms with E-state index >= 15 is 0 Å². The molecule has 110 valence electrons. The van der Waals surface area contributed by atoms with Crippen molar-refractivity contribution in [3.8, 4) is 5.82 Å². The third kappa shape index (κ3) is 2.10. The first-order chi connectivity index (χ1) is 10.4. The fourth-order valence-corrected chi connectivity index (χ4v) is 3.80. The standard InChI is InChI=1S/C15H19N5S/c1-2-16-9-13-14(18-15-19(13)7-8-21-15)20-10-17-11-5-3-4-6-12(11)20/h7-8,10,16H,2-6,9H2,1H3. The second kappa shape index (κ2) is 5.27. The van der Waals surface area contributed by atoms with Crippen LogP contribution in [0.2, 0.25) is 0 Å². The number of hydrogen-bond acceptors (Lipinski definition) is 4. The third-order valence-electron chi connectivity index (χ3n) is 4.14. The highest BCUT2D eigenvalue weighted by Crippen LogP contribution is 2.26. The van der Waals surface area contributed by atoms with Gasteiger partial charge < -0.3 is 5.32 Å². The molecule has 5 nitrogen and oxygen atoms in total. The van der Waals surface area contributed by atoms with Crippen molar-refractivity contribution in [2.24, 2.45) is 0 Å². The van der Waals surface area contributed by atoms with Gasteiger partial charge in [-0.15, -0.1) is 11.3 Å². The minimum Gasteiger partial charge on any atom is -0.311 e. The molecule has 4 rings (SSSR count). The van der Waals surface area contributed by atoms with Gasteiger partial charge in [0.1, 0.15) is 6.33 Å². The van der Waals surface area contributed by atoms with Gasteiger partial charge in [0.25, 0.3) is 0 Å². The first-order valence-electron chi connectivity index (χ1n) is 7.59. The van der Waals surface area contributed by atoms with Crippen molar-refractivity contribution in [1.82, 2.24) is 24.3 Å². The maximum Gasteiger partial charge on any atom is 0.195 e. The third-order valence-corrected chi connectivity index (χ3v) is 4.90. The Hall–Kier alpha value is -1.66. The lowest BCUT2D eigenvalue weighted by Gasteiger charge is -2.13. The van der Waals surface area contributed by atoms with Crippen LogP contribution in [0.5, 0.6) is 0 Å². The van der Waals surface area contributed by atoms with E-state index in [-0.39, 0.29) is 0 Å². The minimum atomic E-state index is 0.830. The number of aromatic nitrogens is 4. The summed E-state index contributed by atoms with van der Waals surface area (Å²) in [5.41, 5.74) is 3.83. The molecule has 0 bridgehead atoms. The molecule has 0 amide bonds. The molecule has 0 aliphatic heterocycles. The molecule has 21 heavy (non-hydrogen) atoms. The highest BCUT2D eigenvalue weighted by atomic mass is 32.1. The molecule has 3 aromatic heterocycles. The van der Waals surface area contributed by atoms with Gasteiger partial charge in [0.05, 0.1) is 11.4 Å². The molecule has 3 heterocycles. The molecule has 6 heteroatoms. The number of nitrogens with zero attached hydrogens (tertiary/aromatic N) is 4. The van der Waals surface area contributed by atoms with Crippen LogP contribution in [0.1, 0.15) is 36.8 Å². The smallest absolute Gasteiger partial charge is 0.195 e. The zero-order valence-corrected chi connectivity index (χ0v) is 13.0. The summed E-state index contributed by atoms with van der Waals surface area (Å²) in [4.78, 5) is 10.5. The number of imidazole rings is 2. The van der Waals surface area contributed by atoms with Crippen LogP contribution in [0.4, 0.5) is 0 Å². The Morgan fingerprint density at radius 1 is 1.33 bits per heavy atom. The van der Waals surface area contributed by atoms with E-state index in [1.54, 1.807) is 11.3 Å². The fourth-order valence-electron chi connectivity index (χ4n) is 3.07. The highest BCUT2D eigenvalue weighted by molar-refractivity contribution is 7.15. The molecule has 0 saturated carbocycles. The summed E-state index contributed by atoms with van der Waals surface area (Å²) in [5, 5.41) is 5.51. The molecule has 0 radical (unpaired) electrons. The van der Waals surface area contributed by atoms with Gasteiger partial charge in [-0.1, -0.05) is 6.92 Å². The summed E-state index contributed by atoms with van der Waals surface area (Å²) in [6.45, 7) is 3.92.